The fraction of sp³-hybridized carbons (Fsp3) is 0.857. The Hall–Kier alpha value is -0.770. The number of ether oxygens (including phenoxy) is 2. The van der Waals surface area contributed by atoms with Gasteiger partial charge in [-0.1, -0.05) is 0 Å². The number of hydrogen-bond donors (Lipinski definition) is 1. The van der Waals surface area contributed by atoms with Crippen LogP contribution in [0.5, 0.6) is 0 Å². The van der Waals surface area contributed by atoms with Crippen LogP contribution in [0.25, 0.3) is 0 Å². The molecule has 62 valence electrons. The highest BCUT2D eigenvalue weighted by molar-refractivity contribution is 5.69. The van der Waals surface area contributed by atoms with Crippen LogP contribution in [0.4, 0.5) is 4.79 Å². The van der Waals surface area contributed by atoms with Crippen LogP contribution >= 0.6 is 0 Å². The van der Waals surface area contributed by atoms with E-state index in [0.29, 0.717) is 12.5 Å². The maximum absolute atomic E-state index is 10.6. The van der Waals surface area contributed by atoms with Gasteiger partial charge in [0.25, 0.3) is 0 Å². The molecule has 4 nitrogen and oxygen atoms in total. The highest BCUT2D eigenvalue weighted by Crippen LogP contribution is 2.19. The molecule has 2 heterocycles. The van der Waals surface area contributed by atoms with Crippen molar-refractivity contribution in [3.63, 3.8) is 0 Å². The van der Waals surface area contributed by atoms with E-state index in [4.69, 9.17) is 9.47 Å². The average molecular weight is 157 g/mol. The third-order valence-corrected chi connectivity index (χ3v) is 2.23. The minimum Gasteiger partial charge on any atom is -0.447 e. The third kappa shape index (κ3) is 1.30. The lowest BCUT2D eigenvalue weighted by atomic mass is 10.0. The van der Waals surface area contributed by atoms with Gasteiger partial charge in [0.2, 0.25) is 0 Å². The largest absolute Gasteiger partial charge is 0.447 e. The molecule has 2 aliphatic heterocycles. The van der Waals surface area contributed by atoms with E-state index in [1.165, 1.54) is 0 Å². The molecule has 0 aromatic rings. The quantitative estimate of drug-likeness (QED) is 0.588. The fourth-order valence-corrected chi connectivity index (χ4v) is 1.52. The number of rotatable bonds is 1. The molecule has 0 aliphatic carbocycles. The van der Waals surface area contributed by atoms with Gasteiger partial charge in [-0.15, -0.1) is 0 Å². The van der Waals surface area contributed by atoms with Gasteiger partial charge in [0.05, 0.1) is 12.6 Å². The van der Waals surface area contributed by atoms with E-state index >= 15 is 0 Å². The Kier molecular flexibility index (Phi) is 1.69. The van der Waals surface area contributed by atoms with E-state index in [9.17, 15) is 4.79 Å². The number of amides is 1. The second kappa shape index (κ2) is 2.70. The minimum absolute atomic E-state index is 0.185. The molecule has 2 saturated heterocycles. The summed E-state index contributed by atoms with van der Waals surface area (Å²) in [5, 5.41) is 2.75. The predicted molar refractivity (Wildman–Crippen MR) is 37.2 cm³/mol. The molecule has 2 rings (SSSR count). The number of cyclic esters (lactones) is 1. The Labute approximate surface area is 64.9 Å². The standard InChI is InChI=1S/C7H11NO3/c9-7-8-6(4-11-7)5-1-2-10-3-5/h5-6H,1-4H2,(H,8,9)/t5-,6+/m0/s1. The van der Waals surface area contributed by atoms with Gasteiger partial charge in [-0.3, -0.25) is 0 Å². The Balaban J connectivity index is 1.90. The minimum atomic E-state index is -0.290. The first-order valence-electron chi connectivity index (χ1n) is 3.87. The smallest absolute Gasteiger partial charge is 0.407 e. The van der Waals surface area contributed by atoms with Crippen LogP contribution in [0, 0.1) is 5.92 Å². The van der Waals surface area contributed by atoms with Gasteiger partial charge in [-0.2, -0.15) is 0 Å². The van der Waals surface area contributed by atoms with E-state index in [1.54, 1.807) is 0 Å². The van der Waals surface area contributed by atoms with E-state index in [2.05, 4.69) is 5.32 Å². The average Bonchev–Trinajstić information content (AvgIpc) is 2.55. The van der Waals surface area contributed by atoms with Crippen molar-refractivity contribution in [1.29, 1.82) is 0 Å². The van der Waals surface area contributed by atoms with Gasteiger partial charge in [0.15, 0.2) is 0 Å². The van der Waals surface area contributed by atoms with Crippen LogP contribution < -0.4 is 5.32 Å². The van der Waals surface area contributed by atoms with E-state index in [0.717, 1.165) is 19.6 Å². The van der Waals surface area contributed by atoms with Crippen molar-refractivity contribution in [3.05, 3.63) is 0 Å². The van der Waals surface area contributed by atoms with Crippen molar-refractivity contribution in [1.82, 2.24) is 5.32 Å². The van der Waals surface area contributed by atoms with E-state index in [-0.39, 0.29) is 12.1 Å². The van der Waals surface area contributed by atoms with Gasteiger partial charge in [0.1, 0.15) is 6.61 Å². The van der Waals surface area contributed by atoms with Gasteiger partial charge in [0, 0.05) is 12.5 Å². The lowest BCUT2D eigenvalue weighted by Crippen LogP contribution is -2.34. The van der Waals surface area contributed by atoms with Gasteiger partial charge < -0.3 is 14.8 Å². The summed E-state index contributed by atoms with van der Waals surface area (Å²) in [6.07, 6.45) is 0.746. The molecule has 0 aromatic carbocycles. The van der Waals surface area contributed by atoms with Gasteiger partial charge in [-0.25, -0.2) is 4.79 Å². The summed E-state index contributed by atoms with van der Waals surface area (Å²) >= 11 is 0. The summed E-state index contributed by atoms with van der Waals surface area (Å²) in [6, 6.07) is 0.185. The molecular formula is C7H11NO3. The van der Waals surface area contributed by atoms with Crippen molar-refractivity contribution >= 4 is 6.09 Å². The molecule has 0 saturated carbocycles. The van der Waals surface area contributed by atoms with E-state index < -0.39 is 0 Å². The van der Waals surface area contributed by atoms with Crippen molar-refractivity contribution in [2.45, 2.75) is 12.5 Å². The van der Waals surface area contributed by atoms with Crippen LogP contribution in [0.3, 0.4) is 0 Å². The lowest BCUT2D eigenvalue weighted by molar-refractivity contribution is 0.166. The van der Waals surface area contributed by atoms with Crippen molar-refractivity contribution in [3.8, 4) is 0 Å². The van der Waals surface area contributed by atoms with Gasteiger partial charge >= 0.3 is 6.09 Å². The first-order valence-corrected chi connectivity index (χ1v) is 3.87. The number of carbonyl (C=O) groups is 1. The normalized spacial score (nSPS) is 36.9. The monoisotopic (exact) mass is 157 g/mol. The Morgan fingerprint density at radius 2 is 2.36 bits per heavy atom. The first kappa shape index (κ1) is 6.91. The molecule has 4 heteroatoms. The van der Waals surface area contributed by atoms with Crippen LogP contribution in [0.15, 0.2) is 0 Å². The van der Waals surface area contributed by atoms with Crippen LogP contribution in [0.2, 0.25) is 0 Å². The molecule has 0 spiro atoms. The highest BCUT2D eigenvalue weighted by Gasteiger charge is 2.32. The van der Waals surface area contributed by atoms with Crippen LogP contribution in [-0.4, -0.2) is 32.0 Å². The zero-order valence-electron chi connectivity index (χ0n) is 6.21. The Morgan fingerprint density at radius 1 is 1.45 bits per heavy atom. The summed E-state index contributed by atoms with van der Waals surface area (Å²) in [5.41, 5.74) is 0. The first-order chi connectivity index (χ1) is 5.36. The molecular weight excluding hydrogens is 146 g/mol. The van der Waals surface area contributed by atoms with Crippen molar-refractivity contribution < 1.29 is 14.3 Å². The molecule has 2 fully saturated rings. The zero-order valence-corrected chi connectivity index (χ0v) is 6.21. The second-order valence-corrected chi connectivity index (χ2v) is 2.97. The highest BCUT2D eigenvalue weighted by atomic mass is 16.6. The lowest BCUT2D eigenvalue weighted by Gasteiger charge is -2.12. The topological polar surface area (TPSA) is 47.6 Å². The molecule has 2 aliphatic rings. The Morgan fingerprint density at radius 3 is 2.91 bits per heavy atom. The molecule has 0 radical (unpaired) electrons. The molecule has 0 bridgehead atoms. The maximum atomic E-state index is 10.6. The van der Waals surface area contributed by atoms with Crippen LogP contribution in [-0.2, 0) is 9.47 Å². The maximum Gasteiger partial charge on any atom is 0.407 e. The predicted octanol–water partition coefficient (Wildman–Crippen LogP) is 0.131. The molecule has 1 amide bonds. The summed E-state index contributed by atoms with van der Waals surface area (Å²) < 4.78 is 9.97. The summed E-state index contributed by atoms with van der Waals surface area (Å²) in [5.74, 6) is 0.460. The summed E-state index contributed by atoms with van der Waals surface area (Å²) in [4.78, 5) is 10.6. The Bertz CT molecular complexity index is 165. The second-order valence-electron chi connectivity index (χ2n) is 2.97. The van der Waals surface area contributed by atoms with Gasteiger partial charge in [-0.05, 0) is 6.42 Å². The number of carbonyl (C=O) groups excluding carboxylic acids is 1. The number of alkyl carbamates (subject to hydrolysis) is 1. The van der Waals surface area contributed by atoms with Crippen LogP contribution in [0.1, 0.15) is 6.42 Å². The van der Waals surface area contributed by atoms with Crippen molar-refractivity contribution in [2.24, 2.45) is 5.92 Å². The fourth-order valence-electron chi connectivity index (χ4n) is 1.52. The molecule has 0 aromatic heterocycles. The number of nitrogens with one attached hydrogen (secondary N) is 1. The van der Waals surface area contributed by atoms with E-state index in [1.807, 2.05) is 0 Å². The molecule has 1 N–H and O–H groups in total. The SMILES string of the molecule is O=C1N[C@@H]([C@H]2CCOC2)CO1. The number of hydrogen-bond acceptors (Lipinski definition) is 3. The molecule has 2 atom stereocenters. The molecule has 0 unspecified atom stereocenters. The summed E-state index contributed by atoms with van der Waals surface area (Å²) in [6.45, 7) is 2.08. The third-order valence-electron chi connectivity index (χ3n) is 2.23. The zero-order chi connectivity index (χ0) is 7.68. The summed E-state index contributed by atoms with van der Waals surface area (Å²) in [7, 11) is 0. The molecule has 11 heavy (non-hydrogen) atoms. The van der Waals surface area contributed by atoms with Crippen molar-refractivity contribution in [2.75, 3.05) is 19.8 Å².